The molecule has 0 radical (unpaired) electrons. The molecule has 27 heavy (non-hydrogen) atoms. The fourth-order valence-corrected chi connectivity index (χ4v) is 3.24. The molecule has 4 rings (SSSR count). The molecule has 0 amide bonds. The van der Waals surface area contributed by atoms with Gasteiger partial charge in [0.15, 0.2) is 5.65 Å². The van der Waals surface area contributed by atoms with Crippen LogP contribution in [0.5, 0.6) is 0 Å². The Labute approximate surface area is 155 Å². The van der Waals surface area contributed by atoms with Gasteiger partial charge < -0.3 is 5.32 Å². The number of anilines is 2. The molecule has 0 fully saturated rings. The van der Waals surface area contributed by atoms with Gasteiger partial charge in [-0.25, -0.2) is 18.7 Å². The summed E-state index contributed by atoms with van der Waals surface area (Å²) in [7, 11) is 0. The predicted octanol–water partition coefficient (Wildman–Crippen LogP) is 5.37. The van der Waals surface area contributed by atoms with Crippen LogP contribution in [0.4, 0.5) is 20.3 Å². The second-order valence-corrected chi connectivity index (χ2v) is 6.47. The zero-order valence-corrected chi connectivity index (χ0v) is 15.2. The third kappa shape index (κ3) is 3.03. The zero-order chi connectivity index (χ0) is 19.1. The molecule has 6 heteroatoms. The van der Waals surface area contributed by atoms with E-state index in [2.05, 4.69) is 15.3 Å². The van der Waals surface area contributed by atoms with Crippen LogP contribution >= 0.6 is 0 Å². The van der Waals surface area contributed by atoms with Crippen LogP contribution in [0.25, 0.3) is 16.7 Å². The summed E-state index contributed by atoms with van der Waals surface area (Å²) in [5.41, 5.74) is 4.34. The summed E-state index contributed by atoms with van der Waals surface area (Å²) in [4.78, 5) is 9.18. The molecule has 0 saturated carbocycles. The van der Waals surface area contributed by atoms with Gasteiger partial charge in [0.25, 0.3) is 0 Å². The average molecular weight is 364 g/mol. The molecular weight excluding hydrogens is 346 g/mol. The van der Waals surface area contributed by atoms with Crippen molar-refractivity contribution in [1.29, 1.82) is 0 Å². The number of halogens is 2. The van der Waals surface area contributed by atoms with Crippen molar-refractivity contribution in [3.63, 3.8) is 0 Å². The highest BCUT2D eigenvalue weighted by atomic mass is 19.1. The lowest BCUT2D eigenvalue weighted by Crippen LogP contribution is -2.02. The molecule has 2 aromatic carbocycles. The summed E-state index contributed by atoms with van der Waals surface area (Å²) in [5, 5.41) is 4.15. The monoisotopic (exact) mass is 364 g/mol. The van der Waals surface area contributed by atoms with Crippen molar-refractivity contribution in [3.05, 3.63) is 77.2 Å². The van der Waals surface area contributed by atoms with E-state index < -0.39 is 0 Å². The minimum atomic E-state index is -0.293. The van der Waals surface area contributed by atoms with Crippen molar-refractivity contribution in [2.24, 2.45) is 0 Å². The van der Waals surface area contributed by atoms with E-state index in [1.54, 1.807) is 24.3 Å². The number of benzene rings is 2. The molecule has 0 unspecified atom stereocenters. The number of rotatable bonds is 3. The first-order chi connectivity index (χ1) is 12.9. The third-order valence-corrected chi connectivity index (χ3v) is 4.66. The second-order valence-electron chi connectivity index (χ2n) is 6.47. The first-order valence-electron chi connectivity index (χ1n) is 8.59. The molecule has 0 aliphatic carbocycles. The van der Waals surface area contributed by atoms with E-state index in [9.17, 15) is 8.78 Å². The molecule has 4 aromatic rings. The predicted molar refractivity (Wildman–Crippen MR) is 103 cm³/mol. The maximum Gasteiger partial charge on any atom is 0.150 e. The second kappa shape index (κ2) is 6.46. The van der Waals surface area contributed by atoms with Gasteiger partial charge in [-0.3, -0.25) is 4.57 Å². The van der Waals surface area contributed by atoms with Gasteiger partial charge in [-0.15, -0.1) is 0 Å². The van der Waals surface area contributed by atoms with Crippen molar-refractivity contribution in [2.45, 2.75) is 20.8 Å². The van der Waals surface area contributed by atoms with Crippen LogP contribution in [0.2, 0.25) is 0 Å². The maximum atomic E-state index is 13.3. The molecule has 2 heterocycles. The van der Waals surface area contributed by atoms with Gasteiger partial charge in [0.05, 0.1) is 5.39 Å². The summed E-state index contributed by atoms with van der Waals surface area (Å²) in [6.07, 6.45) is 0. The Morgan fingerprint density at radius 3 is 2.04 bits per heavy atom. The fourth-order valence-electron chi connectivity index (χ4n) is 3.24. The third-order valence-electron chi connectivity index (χ3n) is 4.66. The first kappa shape index (κ1) is 17.1. The summed E-state index contributed by atoms with van der Waals surface area (Å²) in [6, 6.07) is 12.4. The first-order valence-corrected chi connectivity index (χ1v) is 8.59. The quantitative estimate of drug-likeness (QED) is 0.532. The lowest BCUT2D eigenvalue weighted by molar-refractivity contribution is 0.627. The largest absolute Gasteiger partial charge is 0.340 e. The summed E-state index contributed by atoms with van der Waals surface area (Å²) in [6.45, 7) is 5.82. The van der Waals surface area contributed by atoms with E-state index in [-0.39, 0.29) is 11.6 Å². The SMILES string of the molecule is Cc1nc(Nc2ccc(F)cc2)c2c(C)c(C)n(-c3ccc(F)cc3)c2n1. The normalized spacial score (nSPS) is 11.1. The molecule has 0 atom stereocenters. The van der Waals surface area contributed by atoms with Gasteiger partial charge in [-0.1, -0.05) is 0 Å². The maximum absolute atomic E-state index is 13.3. The van der Waals surface area contributed by atoms with Gasteiger partial charge in [0, 0.05) is 17.1 Å². The lowest BCUT2D eigenvalue weighted by Gasteiger charge is -2.10. The molecule has 1 N–H and O–H groups in total. The Kier molecular flexibility index (Phi) is 4.11. The van der Waals surface area contributed by atoms with E-state index in [0.717, 1.165) is 33.7 Å². The van der Waals surface area contributed by atoms with Gasteiger partial charge in [0.2, 0.25) is 0 Å². The summed E-state index contributed by atoms with van der Waals surface area (Å²) < 4.78 is 28.5. The van der Waals surface area contributed by atoms with Crippen LogP contribution in [0.1, 0.15) is 17.1 Å². The topological polar surface area (TPSA) is 42.7 Å². The summed E-state index contributed by atoms with van der Waals surface area (Å²) in [5.74, 6) is 0.687. The Balaban J connectivity index is 1.92. The Morgan fingerprint density at radius 1 is 0.815 bits per heavy atom. The van der Waals surface area contributed by atoms with Crippen LogP contribution in [0.15, 0.2) is 48.5 Å². The van der Waals surface area contributed by atoms with E-state index in [1.165, 1.54) is 24.3 Å². The van der Waals surface area contributed by atoms with Gasteiger partial charge in [-0.05, 0) is 74.9 Å². The van der Waals surface area contributed by atoms with Crippen molar-refractivity contribution < 1.29 is 8.78 Å². The smallest absolute Gasteiger partial charge is 0.150 e. The van der Waals surface area contributed by atoms with Crippen molar-refractivity contribution in [2.75, 3.05) is 5.32 Å². The van der Waals surface area contributed by atoms with Gasteiger partial charge in [0.1, 0.15) is 23.3 Å². The standard InChI is InChI=1S/C21H18F2N4/c1-12-13(2)27(18-10-6-16(23)7-11-18)21-19(12)20(24-14(3)25-21)26-17-8-4-15(22)5-9-17/h4-11H,1-3H3,(H,24,25,26). The molecule has 0 aliphatic rings. The Morgan fingerprint density at radius 2 is 1.41 bits per heavy atom. The highest BCUT2D eigenvalue weighted by molar-refractivity contribution is 5.94. The molecule has 136 valence electrons. The lowest BCUT2D eigenvalue weighted by atomic mass is 10.2. The molecule has 0 aliphatic heterocycles. The molecular formula is C21H18F2N4. The highest BCUT2D eigenvalue weighted by Crippen LogP contribution is 2.33. The Hall–Kier alpha value is -3.28. The van der Waals surface area contributed by atoms with Crippen LogP contribution in [0, 0.1) is 32.4 Å². The Bertz CT molecular complexity index is 1130. The summed E-state index contributed by atoms with van der Waals surface area (Å²) >= 11 is 0. The van der Waals surface area contributed by atoms with Crippen LogP contribution in [-0.2, 0) is 0 Å². The molecule has 2 aromatic heterocycles. The van der Waals surface area contributed by atoms with Crippen LogP contribution in [0.3, 0.4) is 0 Å². The molecule has 4 nitrogen and oxygen atoms in total. The molecule has 0 spiro atoms. The number of nitrogens with one attached hydrogen (secondary N) is 1. The van der Waals surface area contributed by atoms with E-state index >= 15 is 0 Å². The van der Waals surface area contributed by atoms with E-state index in [4.69, 9.17) is 0 Å². The van der Waals surface area contributed by atoms with Crippen molar-refractivity contribution in [1.82, 2.24) is 14.5 Å². The van der Waals surface area contributed by atoms with Crippen molar-refractivity contribution >= 4 is 22.5 Å². The minimum absolute atomic E-state index is 0.283. The number of hydrogen-bond acceptors (Lipinski definition) is 3. The van der Waals surface area contributed by atoms with Crippen molar-refractivity contribution in [3.8, 4) is 5.69 Å². The number of aryl methyl sites for hydroxylation is 2. The number of fused-ring (bicyclic) bond motifs is 1. The highest BCUT2D eigenvalue weighted by Gasteiger charge is 2.19. The van der Waals surface area contributed by atoms with Crippen LogP contribution in [-0.4, -0.2) is 14.5 Å². The number of nitrogens with zero attached hydrogens (tertiary/aromatic N) is 3. The van der Waals surface area contributed by atoms with E-state index in [1.807, 2.05) is 25.3 Å². The number of hydrogen-bond donors (Lipinski definition) is 1. The average Bonchev–Trinajstić information content (AvgIpc) is 2.89. The van der Waals surface area contributed by atoms with Gasteiger partial charge >= 0.3 is 0 Å². The van der Waals surface area contributed by atoms with Crippen LogP contribution < -0.4 is 5.32 Å². The molecule has 0 bridgehead atoms. The van der Waals surface area contributed by atoms with E-state index in [0.29, 0.717) is 11.6 Å². The molecule has 0 saturated heterocycles. The minimum Gasteiger partial charge on any atom is -0.340 e. The zero-order valence-electron chi connectivity index (χ0n) is 15.2. The van der Waals surface area contributed by atoms with Gasteiger partial charge in [-0.2, -0.15) is 0 Å². The number of aromatic nitrogens is 3. The fraction of sp³-hybridized carbons (Fsp3) is 0.143.